The summed E-state index contributed by atoms with van der Waals surface area (Å²) < 4.78 is 0.227. The van der Waals surface area contributed by atoms with Crippen molar-refractivity contribution in [2.24, 2.45) is 0 Å². The fraction of sp³-hybridized carbons (Fsp3) is 0.667. The van der Waals surface area contributed by atoms with Crippen LogP contribution in [0.3, 0.4) is 0 Å². The molecule has 0 saturated carbocycles. The van der Waals surface area contributed by atoms with Crippen LogP contribution < -0.4 is 5.32 Å². The number of aryl methyl sites for hydroxylation is 2. The van der Waals surface area contributed by atoms with Gasteiger partial charge in [0.15, 0.2) is 0 Å². The molecule has 1 heterocycles. The van der Waals surface area contributed by atoms with Crippen molar-refractivity contribution in [1.82, 2.24) is 9.97 Å². The predicted octanol–water partition coefficient (Wildman–Crippen LogP) is 2.90. The largest absolute Gasteiger partial charge is 0.369 e. The van der Waals surface area contributed by atoms with Gasteiger partial charge in [-0.05, 0) is 33.4 Å². The molecule has 0 aliphatic carbocycles. The molecule has 0 aromatic carbocycles. The van der Waals surface area contributed by atoms with Crippen molar-refractivity contribution in [3.8, 4) is 0 Å². The Hall–Kier alpha value is -0.770. The lowest BCUT2D eigenvalue weighted by atomic mass is 10.2. The van der Waals surface area contributed by atoms with E-state index in [2.05, 4.69) is 42.3 Å². The van der Waals surface area contributed by atoms with Gasteiger partial charge in [-0.2, -0.15) is 11.8 Å². The SMILES string of the molecule is CCc1cc(NCC(C)(C)SC)nc(C)n1. The van der Waals surface area contributed by atoms with Crippen molar-refractivity contribution in [3.05, 3.63) is 17.6 Å². The summed E-state index contributed by atoms with van der Waals surface area (Å²) in [5, 5.41) is 3.38. The second kappa shape index (κ2) is 5.53. The Kier molecular flexibility index (Phi) is 4.59. The molecular weight excluding hydrogens is 218 g/mol. The molecule has 0 atom stereocenters. The summed E-state index contributed by atoms with van der Waals surface area (Å²) in [7, 11) is 0. The zero-order valence-corrected chi connectivity index (χ0v) is 11.6. The Morgan fingerprint density at radius 2 is 2.06 bits per heavy atom. The minimum Gasteiger partial charge on any atom is -0.369 e. The Morgan fingerprint density at radius 3 is 2.62 bits per heavy atom. The van der Waals surface area contributed by atoms with Gasteiger partial charge in [-0.25, -0.2) is 9.97 Å². The first kappa shape index (κ1) is 13.3. The van der Waals surface area contributed by atoms with E-state index in [1.165, 1.54) is 0 Å². The summed E-state index contributed by atoms with van der Waals surface area (Å²) in [4.78, 5) is 8.75. The van der Waals surface area contributed by atoms with Crippen LogP contribution in [0.4, 0.5) is 5.82 Å². The van der Waals surface area contributed by atoms with Crippen LogP contribution in [0, 0.1) is 6.92 Å². The van der Waals surface area contributed by atoms with Gasteiger partial charge in [0.25, 0.3) is 0 Å². The molecule has 3 nitrogen and oxygen atoms in total. The van der Waals surface area contributed by atoms with Crippen LogP contribution in [-0.4, -0.2) is 27.5 Å². The van der Waals surface area contributed by atoms with Crippen molar-refractivity contribution in [3.63, 3.8) is 0 Å². The zero-order chi connectivity index (χ0) is 12.2. The monoisotopic (exact) mass is 239 g/mol. The Labute approximate surface area is 102 Å². The molecule has 0 saturated heterocycles. The predicted molar refractivity (Wildman–Crippen MR) is 72.2 cm³/mol. The van der Waals surface area contributed by atoms with Gasteiger partial charge in [-0.3, -0.25) is 0 Å². The summed E-state index contributed by atoms with van der Waals surface area (Å²) in [5.41, 5.74) is 1.09. The molecule has 1 rings (SSSR count). The van der Waals surface area contributed by atoms with Gasteiger partial charge in [0.2, 0.25) is 0 Å². The van der Waals surface area contributed by atoms with Gasteiger partial charge in [0.05, 0.1) is 0 Å². The first-order valence-corrected chi connectivity index (χ1v) is 6.83. The smallest absolute Gasteiger partial charge is 0.129 e. The normalized spacial score (nSPS) is 11.6. The van der Waals surface area contributed by atoms with Gasteiger partial charge in [-0.1, -0.05) is 6.92 Å². The standard InChI is InChI=1S/C12H21N3S/c1-6-10-7-11(15-9(2)14-10)13-8-12(3,4)16-5/h7H,6,8H2,1-5H3,(H,13,14,15). The highest BCUT2D eigenvalue weighted by atomic mass is 32.2. The highest BCUT2D eigenvalue weighted by Crippen LogP contribution is 2.21. The second-order valence-electron chi connectivity index (χ2n) is 4.46. The molecule has 0 fully saturated rings. The van der Waals surface area contributed by atoms with Crippen molar-refractivity contribution in [2.45, 2.75) is 38.9 Å². The quantitative estimate of drug-likeness (QED) is 0.857. The first-order valence-electron chi connectivity index (χ1n) is 5.60. The number of rotatable bonds is 5. The summed E-state index contributed by atoms with van der Waals surface area (Å²) >= 11 is 1.85. The maximum Gasteiger partial charge on any atom is 0.129 e. The third kappa shape index (κ3) is 4.00. The number of hydrogen-bond donors (Lipinski definition) is 1. The highest BCUT2D eigenvalue weighted by molar-refractivity contribution is 7.99. The van der Waals surface area contributed by atoms with E-state index in [0.29, 0.717) is 0 Å². The van der Waals surface area contributed by atoms with E-state index >= 15 is 0 Å². The van der Waals surface area contributed by atoms with E-state index in [-0.39, 0.29) is 4.75 Å². The topological polar surface area (TPSA) is 37.8 Å². The van der Waals surface area contributed by atoms with Crippen LogP contribution in [0.1, 0.15) is 32.3 Å². The van der Waals surface area contributed by atoms with Gasteiger partial charge < -0.3 is 5.32 Å². The van der Waals surface area contributed by atoms with E-state index in [1.807, 2.05) is 24.8 Å². The van der Waals surface area contributed by atoms with Crippen LogP contribution >= 0.6 is 11.8 Å². The van der Waals surface area contributed by atoms with E-state index in [1.54, 1.807) is 0 Å². The molecule has 0 radical (unpaired) electrons. The van der Waals surface area contributed by atoms with Crippen LogP contribution in [-0.2, 0) is 6.42 Å². The van der Waals surface area contributed by atoms with E-state index in [9.17, 15) is 0 Å². The van der Waals surface area contributed by atoms with Gasteiger partial charge in [0.1, 0.15) is 11.6 Å². The molecule has 4 heteroatoms. The maximum absolute atomic E-state index is 4.39. The fourth-order valence-corrected chi connectivity index (χ4v) is 1.49. The van der Waals surface area contributed by atoms with Crippen LogP contribution in [0.25, 0.3) is 0 Å². The van der Waals surface area contributed by atoms with E-state index < -0.39 is 0 Å². The molecule has 90 valence electrons. The lowest BCUT2D eigenvalue weighted by Crippen LogP contribution is -2.26. The van der Waals surface area contributed by atoms with Crippen molar-refractivity contribution in [1.29, 1.82) is 0 Å². The third-order valence-electron chi connectivity index (χ3n) is 2.50. The van der Waals surface area contributed by atoms with Crippen molar-refractivity contribution in [2.75, 3.05) is 18.1 Å². The van der Waals surface area contributed by atoms with Crippen LogP contribution in [0.15, 0.2) is 6.07 Å². The zero-order valence-electron chi connectivity index (χ0n) is 10.8. The Balaban J connectivity index is 2.70. The molecule has 16 heavy (non-hydrogen) atoms. The van der Waals surface area contributed by atoms with Crippen molar-refractivity contribution >= 4 is 17.6 Å². The minimum absolute atomic E-state index is 0.227. The van der Waals surface area contributed by atoms with Crippen molar-refractivity contribution < 1.29 is 0 Å². The molecule has 1 aromatic rings. The number of nitrogens with zero attached hydrogens (tertiary/aromatic N) is 2. The molecule has 1 aromatic heterocycles. The number of thioether (sulfide) groups is 1. The molecule has 1 N–H and O–H groups in total. The number of hydrogen-bond acceptors (Lipinski definition) is 4. The highest BCUT2D eigenvalue weighted by Gasteiger charge is 2.15. The molecular formula is C12H21N3S. The Bertz CT molecular complexity index is 350. The summed E-state index contributed by atoms with van der Waals surface area (Å²) in [6.07, 6.45) is 3.08. The maximum atomic E-state index is 4.39. The summed E-state index contributed by atoms with van der Waals surface area (Å²) in [5.74, 6) is 1.77. The minimum atomic E-state index is 0.227. The van der Waals surface area contributed by atoms with Gasteiger partial charge >= 0.3 is 0 Å². The molecule has 0 spiro atoms. The lowest BCUT2D eigenvalue weighted by Gasteiger charge is -2.22. The number of aromatic nitrogens is 2. The van der Waals surface area contributed by atoms with Crippen LogP contribution in [0.2, 0.25) is 0 Å². The molecule has 0 unspecified atom stereocenters. The number of anilines is 1. The fourth-order valence-electron chi connectivity index (χ4n) is 1.28. The third-order valence-corrected chi connectivity index (χ3v) is 3.75. The molecule has 0 aliphatic rings. The Morgan fingerprint density at radius 1 is 1.38 bits per heavy atom. The van der Waals surface area contributed by atoms with E-state index in [4.69, 9.17) is 0 Å². The van der Waals surface area contributed by atoms with Gasteiger partial charge in [0, 0.05) is 23.1 Å². The van der Waals surface area contributed by atoms with Crippen LogP contribution in [0.5, 0.6) is 0 Å². The number of nitrogens with one attached hydrogen (secondary N) is 1. The summed E-state index contributed by atoms with van der Waals surface area (Å²) in [6, 6.07) is 2.03. The van der Waals surface area contributed by atoms with E-state index in [0.717, 1.165) is 30.3 Å². The lowest BCUT2D eigenvalue weighted by molar-refractivity contribution is 0.748. The average Bonchev–Trinajstić information content (AvgIpc) is 2.26. The molecule has 0 aliphatic heterocycles. The second-order valence-corrected chi connectivity index (χ2v) is 5.98. The molecule has 0 bridgehead atoms. The molecule has 0 amide bonds. The average molecular weight is 239 g/mol. The first-order chi connectivity index (χ1) is 7.46. The summed E-state index contributed by atoms with van der Waals surface area (Å²) in [6.45, 7) is 9.40. The van der Waals surface area contributed by atoms with Gasteiger partial charge in [-0.15, -0.1) is 0 Å².